The summed E-state index contributed by atoms with van der Waals surface area (Å²) in [5, 5.41) is 4.58. The van der Waals surface area contributed by atoms with Crippen molar-refractivity contribution in [2.75, 3.05) is 12.9 Å². The van der Waals surface area contributed by atoms with Crippen molar-refractivity contribution in [2.45, 2.75) is 30.5 Å². The first-order valence-electron chi connectivity index (χ1n) is 8.45. The van der Waals surface area contributed by atoms with Gasteiger partial charge in [0.05, 0.1) is 5.56 Å². The quantitative estimate of drug-likeness (QED) is 0.713. The van der Waals surface area contributed by atoms with E-state index >= 15 is 0 Å². The van der Waals surface area contributed by atoms with Crippen LogP contribution in [-0.4, -0.2) is 40.9 Å². The van der Waals surface area contributed by atoms with Gasteiger partial charge in [0.1, 0.15) is 11.8 Å². The maximum atomic E-state index is 12.5. The van der Waals surface area contributed by atoms with Crippen molar-refractivity contribution in [1.29, 1.82) is 0 Å². The Balaban J connectivity index is 2.04. The van der Waals surface area contributed by atoms with Crippen molar-refractivity contribution < 1.29 is 13.2 Å². The molecule has 1 unspecified atom stereocenters. The van der Waals surface area contributed by atoms with Crippen LogP contribution in [0.5, 0.6) is 0 Å². The molecular formula is C17H17ClN4O4S. The fraction of sp³-hybridized carbons (Fsp3) is 0.353. The van der Waals surface area contributed by atoms with Crippen LogP contribution in [0.15, 0.2) is 34.2 Å². The number of nitrogens with one attached hydrogen (secondary N) is 1. The van der Waals surface area contributed by atoms with E-state index in [1.807, 2.05) is 0 Å². The smallest absolute Gasteiger partial charge is 0.350 e. The molecule has 1 saturated heterocycles. The van der Waals surface area contributed by atoms with Gasteiger partial charge in [0, 0.05) is 17.9 Å². The van der Waals surface area contributed by atoms with Gasteiger partial charge in [0.25, 0.3) is 0 Å². The second kappa shape index (κ2) is 6.74. The summed E-state index contributed by atoms with van der Waals surface area (Å²) in [7, 11) is -3.70. The zero-order chi connectivity index (χ0) is 19.2. The molecule has 27 heavy (non-hydrogen) atoms. The molecule has 0 bridgehead atoms. The lowest BCUT2D eigenvalue weighted by atomic mass is 9.99. The number of benzene rings is 1. The van der Waals surface area contributed by atoms with Gasteiger partial charge in [0.15, 0.2) is 5.65 Å². The molecular weight excluding hydrogens is 392 g/mol. The first-order valence-corrected chi connectivity index (χ1v) is 10.7. The molecule has 0 saturated carbocycles. The van der Waals surface area contributed by atoms with Gasteiger partial charge in [-0.1, -0.05) is 23.7 Å². The van der Waals surface area contributed by atoms with E-state index < -0.39 is 20.7 Å². The SMILES string of the molecule is CS(=O)(=O)c1nc2c(-c3ccc(Cl)cc3)c(C3CCCCO3)nn2c(=O)[nH]1. The van der Waals surface area contributed by atoms with Crippen molar-refractivity contribution in [3.63, 3.8) is 0 Å². The number of sulfone groups is 1. The van der Waals surface area contributed by atoms with Crippen LogP contribution < -0.4 is 5.69 Å². The molecule has 4 rings (SSSR count). The number of rotatable bonds is 3. The number of nitrogens with zero attached hydrogens (tertiary/aromatic N) is 3. The molecule has 0 amide bonds. The Bertz CT molecular complexity index is 1160. The van der Waals surface area contributed by atoms with Crippen molar-refractivity contribution in [2.24, 2.45) is 0 Å². The third-order valence-corrected chi connectivity index (χ3v) is 5.62. The average Bonchev–Trinajstić information content (AvgIpc) is 3.03. The Morgan fingerprint density at radius 2 is 2.00 bits per heavy atom. The number of ether oxygens (including phenoxy) is 1. The zero-order valence-electron chi connectivity index (χ0n) is 14.5. The Kier molecular flexibility index (Phi) is 4.53. The van der Waals surface area contributed by atoms with Crippen molar-refractivity contribution in [3.8, 4) is 11.1 Å². The summed E-state index contributed by atoms with van der Waals surface area (Å²) in [6.45, 7) is 0.608. The Morgan fingerprint density at radius 1 is 1.26 bits per heavy atom. The van der Waals surface area contributed by atoms with E-state index in [9.17, 15) is 13.2 Å². The van der Waals surface area contributed by atoms with Crippen LogP contribution in [0, 0.1) is 0 Å². The number of aromatic amines is 1. The number of halogens is 1. The second-order valence-corrected chi connectivity index (χ2v) is 8.84. The highest BCUT2D eigenvalue weighted by molar-refractivity contribution is 7.90. The molecule has 1 aromatic carbocycles. The minimum atomic E-state index is -3.70. The molecule has 8 nitrogen and oxygen atoms in total. The summed E-state index contributed by atoms with van der Waals surface area (Å²) >= 11 is 5.99. The fourth-order valence-electron chi connectivity index (χ4n) is 3.19. The molecule has 3 heterocycles. The highest BCUT2D eigenvalue weighted by atomic mass is 35.5. The molecule has 10 heteroatoms. The number of aromatic nitrogens is 4. The van der Waals surface area contributed by atoms with Crippen molar-refractivity contribution in [1.82, 2.24) is 19.6 Å². The monoisotopic (exact) mass is 408 g/mol. The predicted molar refractivity (Wildman–Crippen MR) is 99.7 cm³/mol. The van der Waals surface area contributed by atoms with Gasteiger partial charge in [-0.25, -0.2) is 13.2 Å². The van der Waals surface area contributed by atoms with Gasteiger partial charge in [-0.3, -0.25) is 4.98 Å². The molecule has 142 valence electrons. The molecule has 0 radical (unpaired) electrons. The Labute approximate surface area is 160 Å². The summed E-state index contributed by atoms with van der Waals surface area (Å²) in [5.74, 6) is 0. The summed E-state index contributed by atoms with van der Waals surface area (Å²) in [4.78, 5) is 18.9. The largest absolute Gasteiger partial charge is 0.372 e. The van der Waals surface area contributed by atoms with E-state index in [1.54, 1.807) is 24.3 Å². The lowest BCUT2D eigenvalue weighted by Crippen LogP contribution is -2.22. The van der Waals surface area contributed by atoms with Crippen LogP contribution in [0.3, 0.4) is 0 Å². The van der Waals surface area contributed by atoms with Gasteiger partial charge in [0.2, 0.25) is 15.0 Å². The molecule has 0 aliphatic carbocycles. The van der Waals surface area contributed by atoms with Crippen LogP contribution >= 0.6 is 11.6 Å². The summed E-state index contributed by atoms with van der Waals surface area (Å²) < 4.78 is 30.8. The van der Waals surface area contributed by atoms with Crippen molar-refractivity contribution >= 4 is 27.1 Å². The maximum Gasteiger partial charge on any atom is 0.350 e. The highest BCUT2D eigenvalue weighted by Crippen LogP contribution is 2.36. The number of H-pyrrole nitrogens is 1. The number of fused-ring (bicyclic) bond motifs is 1. The summed E-state index contributed by atoms with van der Waals surface area (Å²) in [5.41, 5.74) is 1.38. The van der Waals surface area contributed by atoms with Gasteiger partial charge in [-0.05, 0) is 37.0 Å². The highest BCUT2D eigenvalue weighted by Gasteiger charge is 2.28. The van der Waals surface area contributed by atoms with E-state index in [0.29, 0.717) is 22.9 Å². The fourth-order valence-corrected chi connectivity index (χ4v) is 3.84. The Morgan fingerprint density at radius 3 is 2.63 bits per heavy atom. The maximum absolute atomic E-state index is 12.5. The number of hydrogen-bond donors (Lipinski definition) is 1. The van der Waals surface area contributed by atoms with E-state index in [1.165, 1.54) is 0 Å². The van der Waals surface area contributed by atoms with E-state index in [4.69, 9.17) is 16.3 Å². The third-order valence-electron chi connectivity index (χ3n) is 4.47. The minimum absolute atomic E-state index is 0.172. The van der Waals surface area contributed by atoms with Crippen molar-refractivity contribution in [3.05, 3.63) is 45.5 Å². The predicted octanol–water partition coefficient (Wildman–Crippen LogP) is 2.38. The van der Waals surface area contributed by atoms with Crippen LogP contribution in [0.4, 0.5) is 0 Å². The standard InChI is InChI=1S/C17H17ClN4O4S/c1-27(24,25)16-19-15-13(10-5-7-11(18)8-6-10)14(12-4-2-3-9-26-12)21-22(15)17(23)20-16/h5-8,12H,2-4,9H2,1H3,(H,19,20,23). The van der Waals surface area contributed by atoms with Gasteiger partial charge < -0.3 is 4.74 Å². The normalized spacial score (nSPS) is 18.1. The first-order chi connectivity index (χ1) is 12.8. The van der Waals surface area contributed by atoms with E-state index in [0.717, 1.165) is 35.6 Å². The molecule has 1 N–H and O–H groups in total. The van der Waals surface area contributed by atoms with Gasteiger partial charge in [-0.2, -0.15) is 14.6 Å². The lowest BCUT2D eigenvalue weighted by molar-refractivity contribution is 0.0125. The van der Waals surface area contributed by atoms with Gasteiger partial charge in [-0.15, -0.1) is 0 Å². The molecule has 1 fully saturated rings. The Hall–Kier alpha value is -2.23. The molecule has 1 aliphatic heterocycles. The van der Waals surface area contributed by atoms with Crippen LogP contribution in [0.25, 0.3) is 16.8 Å². The lowest BCUT2D eigenvalue weighted by Gasteiger charge is -2.21. The van der Waals surface area contributed by atoms with E-state index in [2.05, 4.69) is 15.1 Å². The number of hydrogen-bond acceptors (Lipinski definition) is 6. The molecule has 1 aliphatic rings. The average molecular weight is 409 g/mol. The topological polar surface area (TPSA) is 106 Å². The molecule has 3 aromatic rings. The summed E-state index contributed by atoms with van der Waals surface area (Å²) in [6, 6.07) is 7.01. The van der Waals surface area contributed by atoms with Gasteiger partial charge >= 0.3 is 5.69 Å². The van der Waals surface area contributed by atoms with E-state index in [-0.39, 0.29) is 11.8 Å². The van der Waals surface area contributed by atoms with Crippen LogP contribution in [0.1, 0.15) is 31.1 Å². The minimum Gasteiger partial charge on any atom is -0.372 e. The molecule has 0 spiro atoms. The second-order valence-electron chi connectivity index (χ2n) is 6.48. The van der Waals surface area contributed by atoms with Crippen LogP contribution in [0.2, 0.25) is 5.02 Å². The summed E-state index contributed by atoms with van der Waals surface area (Å²) in [6.07, 6.45) is 3.42. The van der Waals surface area contributed by atoms with Crippen LogP contribution in [-0.2, 0) is 14.6 Å². The first kappa shape index (κ1) is 18.1. The third kappa shape index (κ3) is 3.38. The zero-order valence-corrected chi connectivity index (χ0v) is 16.0. The molecule has 2 aromatic heterocycles. The molecule has 1 atom stereocenters.